The molecular weight excluding hydrogens is 186 g/mol. The number of aromatic nitrogens is 1. The van der Waals surface area contributed by atoms with Crippen LogP contribution in [0.3, 0.4) is 0 Å². The summed E-state index contributed by atoms with van der Waals surface area (Å²) in [6.07, 6.45) is 6.91. The smallest absolute Gasteiger partial charge is 0.0688 e. The fourth-order valence-corrected chi connectivity index (χ4v) is 1.85. The molecule has 0 unspecified atom stereocenters. The van der Waals surface area contributed by atoms with Crippen molar-refractivity contribution in [3.05, 3.63) is 29.0 Å². The normalized spacial score (nSPS) is 19.5. The Bertz CT molecular complexity index is 310. The molecule has 70 valence electrons. The minimum atomic E-state index is -0.495. The van der Waals surface area contributed by atoms with Crippen molar-refractivity contribution in [2.75, 3.05) is 0 Å². The highest BCUT2D eigenvalue weighted by molar-refractivity contribution is 6.31. The Morgan fingerprint density at radius 3 is 2.85 bits per heavy atom. The molecule has 1 aromatic heterocycles. The highest BCUT2D eigenvalue weighted by Gasteiger charge is 2.34. The number of halogens is 1. The maximum atomic E-state index is 9.91. The van der Waals surface area contributed by atoms with Gasteiger partial charge in [-0.05, 0) is 30.9 Å². The second-order valence-corrected chi connectivity index (χ2v) is 4.13. The van der Waals surface area contributed by atoms with E-state index in [0.717, 1.165) is 24.8 Å². The molecule has 0 radical (unpaired) electrons. The van der Waals surface area contributed by atoms with Gasteiger partial charge in [-0.2, -0.15) is 0 Å². The van der Waals surface area contributed by atoms with Gasteiger partial charge in [0, 0.05) is 18.8 Å². The summed E-state index contributed by atoms with van der Waals surface area (Å²) in [4.78, 5) is 3.91. The SMILES string of the molecule is OC1(Cc2ccncc2Cl)CCC1. The number of aliphatic hydroxyl groups is 1. The van der Waals surface area contributed by atoms with E-state index in [1.807, 2.05) is 6.07 Å². The average molecular weight is 198 g/mol. The van der Waals surface area contributed by atoms with Crippen LogP contribution >= 0.6 is 11.6 Å². The van der Waals surface area contributed by atoms with Gasteiger partial charge in [-0.25, -0.2) is 0 Å². The number of pyridine rings is 1. The van der Waals surface area contributed by atoms with E-state index in [9.17, 15) is 5.11 Å². The Morgan fingerprint density at radius 1 is 1.54 bits per heavy atom. The van der Waals surface area contributed by atoms with Crippen molar-refractivity contribution in [1.82, 2.24) is 4.98 Å². The summed E-state index contributed by atoms with van der Waals surface area (Å²) in [5, 5.41) is 10.6. The van der Waals surface area contributed by atoms with Crippen molar-refractivity contribution in [2.45, 2.75) is 31.3 Å². The molecule has 1 fully saturated rings. The zero-order valence-electron chi connectivity index (χ0n) is 7.33. The first kappa shape index (κ1) is 8.97. The predicted molar refractivity (Wildman–Crippen MR) is 51.8 cm³/mol. The van der Waals surface area contributed by atoms with Crippen LogP contribution < -0.4 is 0 Å². The first-order chi connectivity index (χ1) is 6.20. The van der Waals surface area contributed by atoms with Crippen LogP contribution in [0.4, 0.5) is 0 Å². The van der Waals surface area contributed by atoms with Crippen molar-refractivity contribution in [3.8, 4) is 0 Å². The summed E-state index contributed by atoms with van der Waals surface area (Å²) >= 11 is 5.94. The third-order valence-corrected chi connectivity index (χ3v) is 3.00. The minimum Gasteiger partial charge on any atom is -0.390 e. The molecule has 1 aliphatic carbocycles. The molecule has 0 aliphatic heterocycles. The van der Waals surface area contributed by atoms with Crippen molar-refractivity contribution in [3.63, 3.8) is 0 Å². The summed E-state index contributed by atoms with van der Waals surface area (Å²) in [5.74, 6) is 0. The molecule has 0 amide bonds. The molecule has 2 nitrogen and oxygen atoms in total. The Morgan fingerprint density at radius 2 is 2.31 bits per heavy atom. The van der Waals surface area contributed by atoms with Gasteiger partial charge in [-0.1, -0.05) is 11.6 Å². The van der Waals surface area contributed by atoms with Crippen molar-refractivity contribution >= 4 is 11.6 Å². The molecule has 0 saturated heterocycles. The molecule has 0 spiro atoms. The van der Waals surface area contributed by atoms with Crippen LogP contribution in [0.15, 0.2) is 18.5 Å². The van der Waals surface area contributed by atoms with Gasteiger partial charge >= 0.3 is 0 Å². The number of hydrogen-bond acceptors (Lipinski definition) is 2. The minimum absolute atomic E-state index is 0.495. The maximum absolute atomic E-state index is 9.91. The van der Waals surface area contributed by atoms with Crippen molar-refractivity contribution < 1.29 is 5.11 Å². The molecule has 1 aromatic rings. The summed E-state index contributed by atoms with van der Waals surface area (Å²) in [6, 6.07) is 1.87. The molecule has 13 heavy (non-hydrogen) atoms. The van der Waals surface area contributed by atoms with E-state index in [-0.39, 0.29) is 0 Å². The van der Waals surface area contributed by atoms with E-state index in [1.54, 1.807) is 12.4 Å². The summed E-state index contributed by atoms with van der Waals surface area (Å²) in [6.45, 7) is 0. The third kappa shape index (κ3) is 1.84. The highest BCUT2D eigenvalue weighted by Crippen LogP contribution is 2.35. The molecule has 3 heteroatoms. The summed E-state index contributed by atoms with van der Waals surface area (Å²) < 4.78 is 0. The van der Waals surface area contributed by atoms with E-state index in [0.29, 0.717) is 11.4 Å². The highest BCUT2D eigenvalue weighted by atomic mass is 35.5. The quantitative estimate of drug-likeness (QED) is 0.789. The second-order valence-electron chi connectivity index (χ2n) is 3.72. The predicted octanol–water partition coefficient (Wildman–Crippen LogP) is 2.19. The number of hydrogen-bond donors (Lipinski definition) is 1. The molecule has 1 heterocycles. The van der Waals surface area contributed by atoms with Gasteiger partial charge in [0.15, 0.2) is 0 Å². The fraction of sp³-hybridized carbons (Fsp3) is 0.500. The molecule has 0 bridgehead atoms. The molecule has 0 aromatic carbocycles. The standard InChI is InChI=1S/C10H12ClNO/c11-9-7-12-5-2-8(9)6-10(13)3-1-4-10/h2,5,7,13H,1,3-4,6H2. The van der Waals surface area contributed by atoms with Crippen LogP contribution in [0.25, 0.3) is 0 Å². The third-order valence-electron chi connectivity index (χ3n) is 2.66. The van der Waals surface area contributed by atoms with Crippen LogP contribution in [0.5, 0.6) is 0 Å². The topological polar surface area (TPSA) is 33.1 Å². The molecule has 1 aliphatic rings. The Labute approximate surface area is 82.6 Å². The first-order valence-electron chi connectivity index (χ1n) is 4.50. The molecule has 2 rings (SSSR count). The van der Waals surface area contributed by atoms with Crippen molar-refractivity contribution in [1.29, 1.82) is 0 Å². The van der Waals surface area contributed by atoms with E-state index < -0.39 is 5.60 Å². The van der Waals surface area contributed by atoms with Crippen LogP contribution in [0.1, 0.15) is 24.8 Å². The average Bonchev–Trinajstić information content (AvgIpc) is 2.06. The van der Waals surface area contributed by atoms with Crippen molar-refractivity contribution in [2.24, 2.45) is 0 Å². The molecule has 1 saturated carbocycles. The van der Waals surface area contributed by atoms with Crippen LogP contribution in [-0.2, 0) is 6.42 Å². The van der Waals surface area contributed by atoms with Crippen LogP contribution in [-0.4, -0.2) is 15.7 Å². The Hall–Kier alpha value is -0.600. The van der Waals surface area contributed by atoms with Crippen LogP contribution in [0.2, 0.25) is 5.02 Å². The molecular formula is C10H12ClNO. The van der Waals surface area contributed by atoms with Gasteiger partial charge in [0.1, 0.15) is 0 Å². The zero-order valence-corrected chi connectivity index (χ0v) is 8.09. The van der Waals surface area contributed by atoms with E-state index >= 15 is 0 Å². The van der Waals surface area contributed by atoms with Gasteiger partial charge in [-0.3, -0.25) is 4.98 Å². The van der Waals surface area contributed by atoms with E-state index in [4.69, 9.17) is 11.6 Å². The lowest BCUT2D eigenvalue weighted by atomic mass is 9.76. The lowest BCUT2D eigenvalue weighted by Gasteiger charge is -2.36. The number of nitrogens with zero attached hydrogens (tertiary/aromatic N) is 1. The van der Waals surface area contributed by atoms with Gasteiger partial charge in [0.05, 0.1) is 10.6 Å². The maximum Gasteiger partial charge on any atom is 0.0688 e. The number of rotatable bonds is 2. The van der Waals surface area contributed by atoms with Crippen LogP contribution in [0, 0.1) is 0 Å². The van der Waals surface area contributed by atoms with E-state index in [1.165, 1.54) is 0 Å². The lowest BCUT2D eigenvalue weighted by Crippen LogP contribution is -2.38. The van der Waals surface area contributed by atoms with Gasteiger partial charge in [0.2, 0.25) is 0 Å². The monoisotopic (exact) mass is 197 g/mol. The Balaban J connectivity index is 2.13. The van der Waals surface area contributed by atoms with Gasteiger partial charge < -0.3 is 5.11 Å². The Kier molecular flexibility index (Phi) is 2.26. The molecule has 0 atom stereocenters. The lowest BCUT2D eigenvalue weighted by molar-refractivity contribution is -0.0322. The largest absolute Gasteiger partial charge is 0.390 e. The second kappa shape index (κ2) is 3.28. The zero-order chi connectivity index (χ0) is 9.31. The summed E-state index contributed by atoms with van der Waals surface area (Å²) in [5.41, 5.74) is 0.504. The molecule has 1 N–H and O–H groups in total. The summed E-state index contributed by atoms with van der Waals surface area (Å²) in [7, 11) is 0. The first-order valence-corrected chi connectivity index (χ1v) is 4.88. The van der Waals surface area contributed by atoms with Gasteiger partial charge in [-0.15, -0.1) is 0 Å². The van der Waals surface area contributed by atoms with Gasteiger partial charge in [0.25, 0.3) is 0 Å². The fourth-order valence-electron chi connectivity index (χ4n) is 1.66. The van der Waals surface area contributed by atoms with E-state index in [2.05, 4.69) is 4.98 Å².